The molecule has 0 nitrogen and oxygen atoms in total. The summed E-state index contributed by atoms with van der Waals surface area (Å²) in [7, 11) is 0. The van der Waals surface area contributed by atoms with E-state index in [1.54, 1.807) is 0 Å². The van der Waals surface area contributed by atoms with Gasteiger partial charge < -0.3 is 0 Å². The Labute approximate surface area is 122 Å². The molecule has 3 rings (SSSR count). The number of rotatable bonds is 1. The fourth-order valence-corrected chi connectivity index (χ4v) is 2.27. The van der Waals surface area contributed by atoms with Crippen LogP contribution < -0.4 is 0 Å². The van der Waals surface area contributed by atoms with Crippen molar-refractivity contribution in [3.05, 3.63) is 71.7 Å². The molecule has 0 N–H and O–H groups in total. The Morgan fingerprint density at radius 1 is 0.824 bits per heavy atom. The molecule has 0 saturated heterocycles. The summed E-state index contributed by atoms with van der Waals surface area (Å²) < 4.78 is 0. The van der Waals surface area contributed by atoms with Crippen LogP contribution in [0.15, 0.2) is 48.5 Å². The first-order chi connectivity index (χ1) is 7.86. The maximum absolute atomic E-state index is 2.20. The summed E-state index contributed by atoms with van der Waals surface area (Å²) in [6, 6.07) is 15.0. The van der Waals surface area contributed by atoms with Crippen LogP contribution in [0.1, 0.15) is 16.7 Å². The van der Waals surface area contributed by atoms with E-state index in [0.29, 0.717) is 0 Å². The van der Waals surface area contributed by atoms with Crippen LogP contribution in [0.3, 0.4) is 0 Å². The van der Waals surface area contributed by atoms with E-state index in [9.17, 15) is 0 Å². The van der Waals surface area contributed by atoms with Gasteiger partial charge in [-0.25, -0.2) is 0 Å². The third-order valence-corrected chi connectivity index (χ3v) is 3.11. The molecule has 0 atom stereocenters. The zero-order valence-electron chi connectivity index (χ0n) is 9.77. The maximum Gasteiger partial charge on any atom is 0.0131 e. The first-order valence-electron chi connectivity index (χ1n) is 5.57. The summed E-state index contributed by atoms with van der Waals surface area (Å²) in [5.74, 6) is 0. The molecule has 0 amide bonds. The summed E-state index contributed by atoms with van der Waals surface area (Å²) in [6.07, 6.45) is 6.47. The van der Waals surface area contributed by atoms with E-state index in [4.69, 9.17) is 0 Å². The first-order valence-corrected chi connectivity index (χ1v) is 5.57. The quantitative estimate of drug-likeness (QED) is 0.738. The zero-order valence-corrected chi connectivity index (χ0v) is 12.2. The zero-order chi connectivity index (χ0) is 11.0. The van der Waals surface area contributed by atoms with Crippen LogP contribution in [0.5, 0.6) is 0 Å². The van der Waals surface area contributed by atoms with Crippen molar-refractivity contribution in [2.24, 2.45) is 0 Å². The van der Waals surface area contributed by atoms with Crippen LogP contribution in [0, 0.1) is 13.3 Å². The van der Waals surface area contributed by atoms with Crippen molar-refractivity contribution in [1.82, 2.24) is 0 Å². The molecule has 0 saturated carbocycles. The molecule has 81 valence electrons. The topological polar surface area (TPSA) is 0 Å². The van der Waals surface area contributed by atoms with Gasteiger partial charge in [0.1, 0.15) is 0 Å². The van der Waals surface area contributed by atoms with Gasteiger partial charge in [0, 0.05) is 32.6 Å². The minimum absolute atomic E-state index is 0. The van der Waals surface area contributed by atoms with Crippen LogP contribution in [-0.2, 0) is 26.2 Å². The third kappa shape index (κ3) is 2.22. The maximum atomic E-state index is 2.20. The van der Waals surface area contributed by atoms with E-state index in [1.807, 2.05) is 0 Å². The van der Waals surface area contributed by atoms with E-state index in [0.717, 1.165) is 0 Å². The molecule has 0 unspecified atom stereocenters. The molecule has 0 fully saturated rings. The standard InChI is InChI=1S/C16H13.Zr/c1-12-6-2-3-9-14(12)16-11-5-8-13-7-4-10-15(13)16;/h2-11H,1H3;. The van der Waals surface area contributed by atoms with Crippen molar-refractivity contribution in [2.45, 2.75) is 6.92 Å². The Morgan fingerprint density at radius 3 is 2.41 bits per heavy atom. The number of hydrogen-bond acceptors (Lipinski definition) is 0. The van der Waals surface area contributed by atoms with Gasteiger partial charge in [0.15, 0.2) is 0 Å². The number of allylic oxidation sites excluding steroid dienone is 1. The molecule has 2 aromatic carbocycles. The predicted molar refractivity (Wildman–Crippen MR) is 69.1 cm³/mol. The SMILES string of the molecule is Cc1ccccc1-c1cccc2c1C=C[CH]2.[Zr]. The fraction of sp³-hybridized carbons (Fsp3) is 0.0625. The van der Waals surface area contributed by atoms with E-state index in [1.165, 1.54) is 27.8 Å². The van der Waals surface area contributed by atoms with E-state index < -0.39 is 0 Å². The molecular formula is C16H13Zr. The molecule has 1 aliphatic rings. The molecule has 2 aromatic rings. The van der Waals surface area contributed by atoms with Gasteiger partial charge in [0.25, 0.3) is 0 Å². The van der Waals surface area contributed by atoms with E-state index in [-0.39, 0.29) is 26.2 Å². The van der Waals surface area contributed by atoms with Gasteiger partial charge in [-0.2, -0.15) is 0 Å². The molecule has 0 heterocycles. The second-order valence-corrected chi connectivity index (χ2v) is 4.15. The molecule has 0 bridgehead atoms. The molecule has 0 aliphatic heterocycles. The number of aryl methyl sites for hydroxylation is 1. The summed E-state index contributed by atoms with van der Waals surface area (Å²) in [6.45, 7) is 2.16. The smallest absolute Gasteiger partial charge is 0.0131 e. The minimum atomic E-state index is 0. The molecule has 17 heavy (non-hydrogen) atoms. The van der Waals surface area contributed by atoms with Gasteiger partial charge in [-0.3, -0.25) is 0 Å². The van der Waals surface area contributed by atoms with Crippen molar-refractivity contribution in [3.63, 3.8) is 0 Å². The Bertz CT molecular complexity index is 567. The van der Waals surface area contributed by atoms with Crippen molar-refractivity contribution in [3.8, 4) is 11.1 Å². The average molecular weight is 297 g/mol. The Kier molecular flexibility index (Phi) is 3.79. The first kappa shape index (κ1) is 12.5. The Morgan fingerprint density at radius 2 is 1.59 bits per heavy atom. The second kappa shape index (κ2) is 5.14. The van der Waals surface area contributed by atoms with Crippen LogP contribution in [0.25, 0.3) is 17.2 Å². The van der Waals surface area contributed by atoms with Gasteiger partial charge in [-0.1, -0.05) is 54.6 Å². The summed E-state index contributed by atoms with van der Waals surface area (Å²) >= 11 is 0. The number of hydrogen-bond donors (Lipinski definition) is 0. The van der Waals surface area contributed by atoms with Crippen LogP contribution >= 0.6 is 0 Å². The van der Waals surface area contributed by atoms with Gasteiger partial charge >= 0.3 is 0 Å². The molecule has 0 aromatic heterocycles. The summed E-state index contributed by atoms with van der Waals surface area (Å²) in [4.78, 5) is 0. The Hall–Kier alpha value is -0.937. The van der Waals surface area contributed by atoms with Crippen LogP contribution in [0.4, 0.5) is 0 Å². The fourth-order valence-electron chi connectivity index (χ4n) is 2.27. The largest absolute Gasteiger partial charge is 0.0754 e. The summed E-state index contributed by atoms with van der Waals surface area (Å²) in [5.41, 5.74) is 6.66. The second-order valence-electron chi connectivity index (χ2n) is 4.15. The number of fused-ring (bicyclic) bond motifs is 1. The third-order valence-electron chi connectivity index (χ3n) is 3.11. The van der Waals surface area contributed by atoms with Gasteiger partial charge in [-0.05, 0) is 34.7 Å². The van der Waals surface area contributed by atoms with Gasteiger partial charge in [0.2, 0.25) is 0 Å². The van der Waals surface area contributed by atoms with Gasteiger partial charge in [-0.15, -0.1) is 0 Å². The van der Waals surface area contributed by atoms with Crippen LogP contribution in [-0.4, -0.2) is 0 Å². The van der Waals surface area contributed by atoms with Crippen molar-refractivity contribution < 1.29 is 26.2 Å². The summed E-state index contributed by atoms with van der Waals surface area (Å²) in [5, 5.41) is 0. The molecular weight excluding hydrogens is 283 g/mol. The van der Waals surface area contributed by atoms with Gasteiger partial charge in [0.05, 0.1) is 0 Å². The molecule has 1 aliphatic carbocycles. The molecule has 1 heteroatoms. The Balaban J connectivity index is 0.00000108. The number of benzene rings is 2. The molecule has 1 radical (unpaired) electrons. The van der Waals surface area contributed by atoms with Crippen molar-refractivity contribution >= 4 is 6.08 Å². The van der Waals surface area contributed by atoms with Crippen molar-refractivity contribution in [1.29, 1.82) is 0 Å². The van der Waals surface area contributed by atoms with Crippen molar-refractivity contribution in [2.75, 3.05) is 0 Å². The van der Waals surface area contributed by atoms with E-state index >= 15 is 0 Å². The average Bonchev–Trinajstić information content (AvgIpc) is 2.77. The molecule has 0 spiro atoms. The minimum Gasteiger partial charge on any atom is -0.0754 e. The predicted octanol–water partition coefficient (Wildman–Crippen LogP) is 4.24. The van der Waals surface area contributed by atoms with E-state index in [2.05, 4.69) is 68.0 Å². The van der Waals surface area contributed by atoms with Crippen LogP contribution in [0.2, 0.25) is 0 Å². The normalized spacial score (nSPS) is 12.1. The monoisotopic (exact) mass is 295 g/mol.